The fourth-order valence-electron chi connectivity index (χ4n) is 2.19. The lowest BCUT2D eigenvalue weighted by Crippen LogP contribution is -2.39. The van der Waals surface area contributed by atoms with Gasteiger partial charge in [0.1, 0.15) is 12.2 Å². The van der Waals surface area contributed by atoms with E-state index >= 15 is 0 Å². The molecule has 140 valence electrons. The Morgan fingerprint density at radius 1 is 1.21 bits per heavy atom. The van der Waals surface area contributed by atoms with Crippen molar-refractivity contribution in [1.29, 1.82) is 0 Å². The first-order valence-corrected chi connectivity index (χ1v) is 10.1. The molecule has 6 nitrogen and oxygen atoms in total. The first-order valence-electron chi connectivity index (χ1n) is 8.69. The van der Waals surface area contributed by atoms with E-state index in [1.807, 2.05) is 11.8 Å². The van der Waals surface area contributed by atoms with Gasteiger partial charge in [0.2, 0.25) is 0 Å². The second-order valence-corrected chi connectivity index (χ2v) is 6.42. The fraction of sp³-hybridized carbons (Fsp3) is 0.812. The van der Waals surface area contributed by atoms with Crippen molar-refractivity contribution >= 4 is 41.7 Å². The first-order chi connectivity index (χ1) is 11.3. The van der Waals surface area contributed by atoms with Gasteiger partial charge in [0.15, 0.2) is 5.96 Å². The average Bonchev–Trinajstić information content (AvgIpc) is 3.02. The minimum Gasteiger partial charge on any atom is -0.356 e. The normalized spacial score (nSPS) is 11.2. The third-order valence-electron chi connectivity index (χ3n) is 3.51. The topological polar surface area (TPSA) is 67.1 Å². The minimum absolute atomic E-state index is 0. The molecule has 1 heterocycles. The van der Waals surface area contributed by atoms with Crippen molar-refractivity contribution < 1.29 is 0 Å². The van der Waals surface area contributed by atoms with E-state index in [2.05, 4.69) is 50.5 Å². The highest BCUT2D eigenvalue weighted by molar-refractivity contribution is 14.0. The Morgan fingerprint density at radius 2 is 2.00 bits per heavy atom. The average molecular weight is 468 g/mol. The smallest absolute Gasteiger partial charge is 0.191 e. The number of aromatic nitrogens is 3. The maximum absolute atomic E-state index is 4.66. The van der Waals surface area contributed by atoms with Gasteiger partial charge in [-0.2, -0.15) is 11.8 Å². The van der Waals surface area contributed by atoms with Crippen molar-refractivity contribution in [3.05, 3.63) is 12.2 Å². The predicted molar refractivity (Wildman–Crippen MR) is 116 cm³/mol. The van der Waals surface area contributed by atoms with Gasteiger partial charge in [-0.1, -0.05) is 26.7 Å². The minimum atomic E-state index is 0. The highest BCUT2D eigenvalue weighted by atomic mass is 127. The molecule has 0 saturated carbocycles. The summed E-state index contributed by atoms with van der Waals surface area (Å²) in [6.07, 6.45) is 9.64. The van der Waals surface area contributed by atoms with Gasteiger partial charge < -0.3 is 15.2 Å². The second kappa shape index (κ2) is 16.0. The maximum Gasteiger partial charge on any atom is 0.191 e. The molecule has 8 heteroatoms. The highest BCUT2D eigenvalue weighted by Crippen LogP contribution is 1.96. The van der Waals surface area contributed by atoms with Gasteiger partial charge >= 0.3 is 0 Å². The zero-order chi connectivity index (χ0) is 16.8. The van der Waals surface area contributed by atoms with Crippen LogP contribution in [0.3, 0.4) is 0 Å². The number of rotatable bonds is 12. The summed E-state index contributed by atoms with van der Waals surface area (Å²) in [6.45, 7) is 7.86. The lowest BCUT2D eigenvalue weighted by molar-refractivity contribution is 0.625. The molecule has 24 heavy (non-hydrogen) atoms. The summed E-state index contributed by atoms with van der Waals surface area (Å²) in [5.41, 5.74) is 0. The third-order valence-corrected chi connectivity index (χ3v) is 4.20. The van der Waals surface area contributed by atoms with Gasteiger partial charge in [0.05, 0.1) is 0 Å². The molecule has 0 radical (unpaired) electrons. The molecule has 1 aromatic heterocycles. The molecule has 0 aliphatic carbocycles. The van der Waals surface area contributed by atoms with Gasteiger partial charge in [0.25, 0.3) is 0 Å². The zero-order valence-electron chi connectivity index (χ0n) is 15.3. The van der Waals surface area contributed by atoms with Crippen molar-refractivity contribution in [1.82, 2.24) is 25.4 Å². The number of aliphatic imine (C=N–C) groups is 1. The van der Waals surface area contributed by atoms with Crippen LogP contribution in [-0.2, 0) is 13.0 Å². The number of nitrogens with zero attached hydrogens (tertiary/aromatic N) is 4. The van der Waals surface area contributed by atoms with E-state index in [9.17, 15) is 0 Å². The molecular formula is C16H33IN6S. The fourth-order valence-corrected chi connectivity index (χ4v) is 2.61. The summed E-state index contributed by atoms with van der Waals surface area (Å²) >= 11 is 1.87. The van der Waals surface area contributed by atoms with Crippen molar-refractivity contribution in [2.24, 2.45) is 4.99 Å². The molecular weight excluding hydrogens is 435 g/mol. The second-order valence-electron chi connectivity index (χ2n) is 5.43. The van der Waals surface area contributed by atoms with Crippen LogP contribution in [0.15, 0.2) is 11.3 Å². The van der Waals surface area contributed by atoms with Gasteiger partial charge in [-0.15, -0.1) is 34.2 Å². The van der Waals surface area contributed by atoms with Gasteiger partial charge in [0, 0.05) is 32.6 Å². The quantitative estimate of drug-likeness (QED) is 0.214. The number of unbranched alkanes of at least 4 members (excludes halogenated alkanes) is 2. The molecule has 0 atom stereocenters. The molecule has 0 bridgehead atoms. The Bertz CT molecular complexity index is 438. The highest BCUT2D eigenvalue weighted by Gasteiger charge is 2.02. The summed E-state index contributed by atoms with van der Waals surface area (Å²) in [6, 6.07) is 0. The molecule has 0 aliphatic heterocycles. The van der Waals surface area contributed by atoms with E-state index in [0.29, 0.717) is 0 Å². The van der Waals surface area contributed by atoms with Crippen LogP contribution in [0.2, 0.25) is 0 Å². The Balaban J connectivity index is 0.00000529. The summed E-state index contributed by atoms with van der Waals surface area (Å²) in [5.74, 6) is 3.11. The van der Waals surface area contributed by atoms with Crippen LogP contribution in [0.1, 0.15) is 45.4 Å². The molecule has 0 fully saturated rings. The summed E-state index contributed by atoms with van der Waals surface area (Å²) in [5, 5.41) is 14.9. The predicted octanol–water partition coefficient (Wildman–Crippen LogP) is 2.94. The number of hydrogen-bond acceptors (Lipinski definition) is 4. The number of halogens is 1. The van der Waals surface area contributed by atoms with Crippen molar-refractivity contribution in [3.8, 4) is 0 Å². The largest absolute Gasteiger partial charge is 0.356 e. The van der Waals surface area contributed by atoms with Crippen molar-refractivity contribution in [2.45, 2.75) is 52.5 Å². The van der Waals surface area contributed by atoms with E-state index in [0.717, 1.165) is 56.6 Å². The van der Waals surface area contributed by atoms with Crippen LogP contribution >= 0.6 is 35.7 Å². The monoisotopic (exact) mass is 468 g/mol. The van der Waals surface area contributed by atoms with Gasteiger partial charge in [-0.05, 0) is 24.9 Å². The number of nitrogens with one attached hydrogen (secondary N) is 2. The molecule has 2 N–H and O–H groups in total. The maximum atomic E-state index is 4.66. The standard InChI is InChI=1S/C16H32N6S.HI/c1-4-6-7-9-17-16(18-10-8-13-23-3)19-11-12-22-14-20-21-15(22)5-2;/h14H,4-13H2,1-3H3,(H2,17,18,19);1H. The van der Waals surface area contributed by atoms with Crippen LogP contribution in [-0.4, -0.2) is 52.4 Å². The lowest BCUT2D eigenvalue weighted by Gasteiger charge is -2.13. The summed E-state index contributed by atoms with van der Waals surface area (Å²) in [4.78, 5) is 4.66. The Kier molecular flexibility index (Phi) is 15.6. The lowest BCUT2D eigenvalue weighted by atomic mass is 10.2. The Labute approximate surface area is 168 Å². The van der Waals surface area contributed by atoms with E-state index < -0.39 is 0 Å². The SMILES string of the molecule is CCCCCNC(=NCCCSC)NCCn1cnnc1CC.I. The Morgan fingerprint density at radius 3 is 2.71 bits per heavy atom. The van der Waals surface area contributed by atoms with Gasteiger partial charge in [-0.25, -0.2) is 0 Å². The number of thioether (sulfide) groups is 1. The third kappa shape index (κ3) is 10.4. The number of aryl methyl sites for hydroxylation is 1. The zero-order valence-corrected chi connectivity index (χ0v) is 18.4. The molecule has 0 spiro atoms. The molecule has 0 aliphatic rings. The van der Waals surface area contributed by atoms with E-state index in [1.165, 1.54) is 19.3 Å². The van der Waals surface area contributed by atoms with Gasteiger partial charge in [-0.3, -0.25) is 4.99 Å². The molecule has 0 aromatic carbocycles. The van der Waals surface area contributed by atoms with E-state index in [4.69, 9.17) is 0 Å². The van der Waals surface area contributed by atoms with Crippen molar-refractivity contribution in [3.63, 3.8) is 0 Å². The molecule has 0 amide bonds. The summed E-state index contributed by atoms with van der Waals surface area (Å²) in [7, 11) is 0. The number of hydrogen-bond donors (Lipinski definition) is 2. The van der Waals surface area contributed by atoms with Crippen LogP contribution in [0.5, 0.6) is 0 Å². The van der Waals surface area contributed by atoms with Crippen LogP contribution in [0.4, 0.5) is 0 Å². The van der Waals surface area contributed by atoms with E-state index in [1.54, 1.807) is 6.33 Å². The molecule has 1 rings (SSSR count). The van der Waals surface area contributed by atoms with Crippen LogP contribution in [0, 0.1) is 0 Å². The molecule has 1 aromatic rings. The van der Waals surface area contributed by atoms with Crippen LogP contribution in [0.25, 0.3) is 0 Å². The first kappa shape index (κ1) is 23.5. The molecule has 0 unspecified atom stereocenters. The number of guanidine groups is 1. The van der Waals surface area contributed by atoms with Crippen LogP contribution < -0.4 is 10.6 Å². The Hall–Kier alpha value is -0.510. The molecule has 0 saturated heterocycles. The van der Waals surface area contributed by atoms with Crippen molar-refractivity contribution in [2.75, 3.05) is 31.6 Å². The summed E-state index contributed by atoms with van der Waals surface area (Å²) < 4.78 is 2.09. The van der Waals surface area contributed by atoms with E-state index in [-0.39, 0.29) is 24.0 Å².